The fourth-order valence-corrected chi connectivity index (χ4v) is 5.10. The molecule has 1 aromatic carbocycles. The van der Waals surface area contributed by atoms with Crippen LogP contribution in [-0.4, -0.2) is 49.7 Å². The van der Waals surface area contributed by atoms with Crippen molar-refractivity contribution in [2.75, 3.05) is 38.8 Å². The number of amides is 1. The number of benzene rings is 1. The lowest BCUT2D eigenvalue weighted by Crippen LogP contribution is -2.44. The molecule has 1 atom stereocenters. The van der Waals surface area contributed by atoms with Crippen LogP contribution in [0.3, 0.4) is 0 Å². The lowest BCUT2D eigenvalue weighted by molar-refractivity contribution is -0.125. The number of ether oxygens (including phenoxy) is 2. The number of thiophene rings is 1. The predicted molar refractivity (Wildman–Crippen MR) is 132 cm³/mol. The normalized spacial score (nSPS) is 16.1. The van der Waals surface area contributed by atoms with Crippen molar-refractivity contribution in [3.63, 3.8) is 0 Å². The quantitative estimate of drug-likeness (QED) is 0.486. The standard InChI is InChI=1S/C24H30N4O4S/c1-4-5-10-25-22(29)16-7-6-11-28(13-16)24-26-20-17(14-33-21(20)23(30)27-24)15-8-9-18(31-2)19(12-15)32-3/h8-9,12,14,16H,4-7,10-11,13H2,1-3H3,(H,25,29)(H,26,27,30)/t16-/m0/s1. The van der Waals surface area contributed by atoms with Gasteiger partial charge in [-0.2, -0.15) is 0 Å². The van der Waals surface area contributed by atoms with E-state index in [9.17, 15) is 9.59 Å². The van der Waals surface area contributed by atoms with Gasteiger partial charge in [-0.05, 0) is 37.0 Å². The minimum Gasteiger partial charge on any atom is -0.493 e. The Hall–Kier alpha value is -3.07. The van der Waals surface area contributed by atoms with Crippen LogP contribution in [0.1, 0.15) is 32.6 Å². The Labute approximate surface area is 196 Å². The van der Waals surface area contributed by atoms with E-state index in [-0.39, 0.29) is 17.4 Å². The Morgan fingerprint density at radius 2 is 2.12 bits per heavy atom. The first kappa shape index (κ1) is 23.1. The molecular formula is C24H30N4O4S. The van der Waals surface area contributed by atoms with Crippen LogP contribution in [0.4, 0.5) is 5.95 Å². The van der Waals surface area contributed by atoms with Gasteiger partial charge in [0.25, 0.3) is 5.56 Å². The number of aromatic nitrogens is 2. The average molecular weight is 471 g/mol. The Morgan fingerprint density at radius 3 is 2.88 bits per heavy atom. The van der Waals surface area contributed by atoms with Crippen molar-refractivity contribution >= 4 is 33.4 Å². The lowest BCUT2D eigenvalue weighted by Gasteiger charge is -2.32. The number of piperidine rings is 1. The van der Waals surface area contributed by atoms with Crippen LogP contribution in [0.25, 0.3) is 21.3 Å². The van der Waals surface area contributed by atoms with Gasteiger partial charge in [-0.1, -0.05) is 19.4 Å². The number of rotatable bonds is 8. The van der Waals surface area contributed by atoms with Gasteiger partial charge in [0.05, 0.1) is 25.7 Å². The van der Waals surface area contributed by atoms with Gasteiger partial charge in [0.1, 0.15) is 4.70 Å². The third-order valence-electron chi connectivity index (χ3n) is 6.03. The lowest BCUT2D eigenvalue weighted by atomic mass is 9.97. The molecule has 9 heteroatoms. The van der Waals surface area contributed by atoms with Crippen LogP contribution < -0.4 is 25.2 Å². The summed E-state index contributed by atoms with van der Waals surface area (Å²) in [4.78, 5) is 35.2. The van der Waals surface area contributed by atoms with E-state index in [2.05, 4.69) is 17.2 Å². The Balaban J connectivity index is 1.64. The van der Waals surface area contributed by atoms with Gasteiger partial charge < -0.3 is 19.7 Å². The second-order valence-corrected chi connectivity index (χ2v) is 9.10. The van der Waals surface area contributed by atoms with Gasteiger partial charge in [0.2, 0.25) is 11.9 Å². The van der Waals surface area contributed by atoms with Crippen LogP contribution in [0, 0.1) is 5.92 Å². The van der Waals surface area contributed by atoms with E-state index in [1.807, 2.05) is 28.5 Å². The zero-order valence-electron chi connectivity index (χ0n) is 19.3. The second kappa shape index (κ2) is 10.2. The van der Waals surface area contributed by atoms with E-state index < -0.39 is 0 Å². The number of unbranched alkanes of at least 4 members (excludes halogenated alkanes) is 1. The third-order valence-corrected chi connectivity index (χ3v) is 7.00. The smallest absolute Gasteiger partial charge is 0.270 e. The van der Waals surface area contributed by atoms with Crippen molar-refractivity contribution in [3.05, 3.63) is 33.9 Å². The number of anilines is 1. The van der Waals surface area contributed by atoms with E-state index in [0.29, 0.717) is 40.8 Å². The topological polar surface area (TPSA) is 96.6 Å². The number of methoxy groups -OCH3 is 2. The van der Waals surface area contributed by atoms with E-state index >= 15 is 0 Å². The van der Waals surface area contributed by atoms with Gasteiger partial charge in [0, 0.05) is 30.6 Å². The van der Waals surface area contributed by atoms with E-state index in [0.717, 1.165) is 43.4 Å². The van der Waals surface area contributed by atoms with Crippen molar-refractivity contribution in [2.45, 2.75) is 32.6 Å². The minimum absolute atomic E-state index is 0.0816. The number of nitrogens with one attached hydrogen (secondary N) is 2. The summed E-state index contributed by atoms with van der Waals surface area (Å²) in [7, 11) is 3.19. The summed E-state index contributed by atoms with van der Waals surface area (Å²) in [6.07, 6.45) is 3.74. The molecule has 0 unspecified atom stereocenters. The maximum atomic E-state index is 12.9. The summed E-state index contributed by atoms with van der Waals surface area (Å²) in [5, 5.41) is 4.98. The highest BCUT2D eigenvalue weighted by Crippen LogP contribution is 2.37. The Morgan fingerprint density at radius 1 is 1.30 bits per heavy atom. The number of carbonyl (C=O) groups excluding carboxylic acids is 1. The number of H-pyrrole nitrogens is 1. The summed E-state index contributed by atoms with van der Waals surface area (Å²) in [5.41, 5.74) is 2.26. The van der Waals surface area contributed by atoms with Crippen molar-refractivity contribution in [3.8, 4) is 22.6 Å². The molecule has 0 bridgehead atoms. The monoisotopic (exact) mass is 470 g/mol. The van der Waals surface area contributed by atoms with Crippen molar-refractivity contribution in [1.29, 1.82) is 0 Å². The number of nitrogens with zero attached hydrogens (tertiary/aromatic N) is 2. The van der Waals surface area contributed by atoms with Gasteiger partial charge >= 0.3 is 0 Å². The van der Waals surface area contributed by atoms with E-state index in [4.69, 9.17) is 14.5 Å². The molecule has 1 aliphatic heterocycles. The molecule has 0 saturated carbocycles. The second-order valence-electron chi connectivity index (χ2n) is 8.22. The molecule has 176 valence electrons. The molecule has 1 aliphatic rings. The molecule has 3 heterocycles. The van der Waals surface area contributed by atoms with Crippen molar-refractivity contribution in [2.24, 2.45) is 5.92 Å². The number of fused-ring (bicyclic) bond motifs is 1. The number of hydrogen-bond acceptors (Lipinski definition) is 7. The summed E-state index contributed by atoms with van der Waals surface area (Å²) in [6.45, 7) is 4.11. The Kier molecular flexibility index (Phi) is 7.17. The molecular weight excluding hydrogens is 440 g/mol. The van der Waals surface area contributed by atoms with Crippen LogP contribution in [0.5, 0.6) is 11.5 Å². The number of aromatic amines is 1. The van der Waals surface area contributed by atoms with Crippen LogP contribution in [-0.2, 0) is 4.79 Å². The van der Waals surface area contributed by atoms with E-state index in [1.165, 1.54) is 11.3 Å². The average Bonchev–Trinajstić information content (AvgIpc) is 3.28. The molecule has 1 saturated heterocycles. The summed E-state index contributed by atoms with van der Waals surface area (Å²) in [5.74, 6) is 1.75. The zero-order valence-corrected chi connectivity index (χ0v) is 20.1. The largest absolute Gasteiger partial charge is 0.493 e. The molecule has 2 N–H and O–H groups in total. The first-order valence-corrected chi connectivity index (χ1v) is 12.2. The fourth-order valence-electron chi connectivity index (χ4n) is 4.19. The van der Waals surface area contributed by atoms with Gasteiger partial charge in [-0.3, -0.25) is 14.6 Å². The number of hydrogen-bond donors (Lipinski definition) is 2. The zero-order chi connectivity index (χ0) is 23.4. The highest BCUT2D eigenvalue weighted by molar-refractivity contribution is 7.17. The van der Waals surface area contributed by atoms with Gasteiger partial charge in [-0.15, -0.1) is 11.3 Å². The number of carbonyl (C=O) groups is 1. The molecule has 1 fully saturated rings. The highest BCUT2D eigenvalue weighted by atomic mass is 32.1. The minimum atomic E-state index is -0.166. The molecule has 0 aliphatic carbocycles. The van der Waals surface area contributed by atoms with Crippen LogP contribution in [0.2, 0.25) is 0 Å². The van der Waals surface area contributed by atoms with Crippen LogP contribution >= 0.6 is 11.3 Å². The first-order valence-electron chi connectivity index (χ1n) is 11.3. The molecule has 3 aromatic rings. The van der Waals surface area contributed by atoms with Crippen LogP contribution in [0.15, 0.2) is 28.4 Å². The molecule has 4 rings (SSSR count). The Bertz CT molecular complexity index is 1190. The SMILES string of the molecule is CCCCNC(=O)[C@H]1CCCN(c2nc3c(-c4ccc(OC)c(OC)c4)csc3c(=O)[nH]2)C1. The highest BCUT2D eigenvalue weighted by Gasteiger charge is 2.27. The summed E-state index contributed by atoms with van der Waals surface area (Å²) < 4.78 is 11.4. The molecule has 0 radical (unpaired) electrons. The van der Waals surface area contributed by atoms with Crippen molar-refractivity contribution < 1.29 is 14.3 Å². The maximum absolute atomic E-state index is 12.9. The van der Waals surface area contributed by atoms with Gasteiger partial charge in [0.15, 0.2) is 11.5 Å². The summed E-state index contributed by atoms with van der Waals surface area (Å²) >= 11 is 1.37. The van der Waals surface area contributed by atoms with Crippen molar-refractivity contribution in [1.82, 2.24) is 15.3 Å². The fraction of sp³-hybridized carbons (Fsp3) is 0.458. The first-order chi connectivity index (χ1) is 16.0. The van der Waals surface area contributed by atoms with Gasteiger partial charge in [-0.25, -0.2) is 4.98 Å². The molecule has 8 nitrogen and oxygen atoms in total. The molecule has 2 aromatic heterocycles. The molecule has 1 amide bonds. The maximum Gasteiger partial charge on any atom is 0.270 e. The summed E-state index contributed by atoms with van der Waals surface area (Å²) in [6, 6.07) is 5.67. The molecule has 0 spiro atoms. The molecule has 33 heavy (non-hydrogen) atoms. The van der Waals surface area contributed by atoms with E-state index in [1.54, 1.807) is 14.2 Å². The third kappa shape index (κ3) is 4.83. The predicted octanol–water partition coefficient (Wildman–Crippen LogP) is 3.80.